The molecule has 1 N–H and O–H groups in total. The number of nitrogens with one attached hydrogen (secondary N) is 1. The number of nitrogens with zero attached hydrogens (tertiary/aromatic N) is 1. The number of hydrazone groups is 1. The van der Waals surface area contributed by atoms with Gasteiger partial charge >= 0.3 is 0 Å². The van der Waals surface area contributed by atoms with E-state index in [0.29, 0.717) is 16.5 Å². The van der Waals surface area contributed by atoms with Crippen LogP contribution in [-0.2, 0) is 4.79 Å². The summed E-state index contributed by atoms with van der Waals surface area (Å²) in [5.74, 6) is 0.933. The van der Waals surface area contributed by atoms with Crippen LogP contribution in [0.25, 0.3) is 0 Å². The zero-order chi connectivity index (χ0) is 16.7. The van der Waals surface area contributed by atoms with Crippen LogP contribution in [0.4, 0.5) is 0 Å². The normalized spacial score (nSPS) is 10.6. The lowest BCUT2D eigenvalue weighted by molar-refractivity contribution is -0.123. The Morgan fingerprint density at radius 1 is 1.26 bits per heavy atom. The van der Waals surface area contributed by atoms with Gasteiger partial charge in [-0.25, -0.2) is 5.43 Å². The number of amides is 1. The molecule has 0 saturated carbocycles. The highest BCUT2D eigenvalue weighted by Crippen LogP contribution is 2.21. The molecule has 0 heterocycles. The van der Waals surface area contributed by atoms with Gasteiger partial charge in [-0.3, -0.25) is 4.79 Å². The lowest BCUT2D eigenvalue weighted by Crippen LogP contribution is -2.24. The number of aryl methyl sites for hydroxylation is 1. The molecule has 5 nitrogen and oxygen atoms in total. The predicted molar refractivity (Wildman–Crippen MR) is 90.4 cm³/mol. The molecule has 2 rings (SSSR count). The van der Waals surface area contributed by atoms with Crippen LogP contribution in [-0.4, -0.2) is 25.8 Å². The Hall–Kier alpha value is -2.53. The molecule has 0 aromatic heterocycles. The highest BCUT2D eigenvalue weighted by molar-refractivity contribution is 6.30. The van der Waals surface area contributed by atoms with E-state index in [2.05, 4.69) is 10.5 Å². The van der Waals surface area contributed by atoms with Crippen molar-refractivity contribution in [3.63, 3.8) is 0 Å². The largest absolute Gasteiger partial charge is 0.496 e. The summed E-state index contributed by atoms with van der Waals surface area (Å²) in [7, 11) is 1.58. The van der Waals surface area contributed by atoms with Gasteiger partial charge < -0.3 is 9.47 Å². The third kappa shape index (κ3) is 5.00. The summed E-state index contributed by atoms with van der Waals surface area (Å²) >= 11 is 5.87. The molecule has 120 valence electrons. The van der Waals surface area contributed by atoms with Crippen molar-refractivity contribution in [3.8, 4) is 11.5 Å². The van der Waals surface area contributed by atoms with Gasteiger partial charge in [0.25, 0.3) is 5.91 Å². The van der Waals surface area contributed by atoms with E-state index in [4.69, 9.17) is 21.1 Å². The van der Waals surface area contributed by atoms with Crippen molar-refractivity contribution in [3.05, 3.63) is 58.6 Å². The second-order valence-corrected chi connectivity index (χ2v) is 5.17. The Morgan fingerprint density at radius 2 is 2.04 bits per heavy atom. The molecule has 23 heavy (non-hydrogen) atoms. The number of carbonyl (C=O) groups excluding carboxylic acids is 1. The van der Waals surface area contributed by atoms with E-state index in [0.717, 1.165) is 11.1 Å². The predicted octanol–water partition coefficient (Wildman–Crippen LogP) is 3.19. The topological polar surface area (TPSA) is 59.9 Å². The highest BCUT2D eigenvalue weighted by atomic mass is 35.5. The van der Waals surface area contributed by atoms with Gasteiger partial charge in [0.15, 0.2) is 6.61 Å². The number of halogens is 1. The molecule has 0 aliphatic rings. The van der Waals surface area contributed by atoms with Crippen LogP contribution >= 0.6 is 11.6 Å². The number of methoxy groups -OCH3 is 1. The van der Waals surface area contributed by atoms with Crippen molar-refractivity contribution < 1.29 is 14.3 Å². The van der Waals surface area contributed by atoms with E-state index < -0.39 is 0 Å². The summed E-state index contributed by atoms with van der Waals surface area (Å²) in [5, 5.41) is 4.52. The molecule has 2 aromatic rings. The van der Waals surface area contributed by atoms with Crippen LogP contribution in [0.2, 0.25) is 5.02 Å². The number of hydrogen-bond donors (Lipinski definition) is 1. The molecule has 0 aliphatic heterocycles. The second-order valence-electron chi connectivity index (χ2n) is 4.73. The van der Waals surface area contributed by atoms with Gasteiger partial charge in [-0.15, -0.1) is 0 Å². The fraction of sp³-hybridized carbons (Fsp3) is 0.176. The maximum atomic E-state index is 11.7. The Kier molecular flexibility index (Phi) is 6.00. The number of carbonyl (C=O) groups is 1. The molecule has 0 spiro atoms. The first-order chi connectivity index (χ1) is 11.1. The van der Waals surface area contributed by atoms with Crippen LogP contribution in [0.1, 0.15) is 11.1 Å². The summed E-state index contributed by atoms with van der Waals surface area (Å²) in [6, 6.07) is 12.6. The van der Waals surface area contributed by atoms with Crippen molar-refractivity contribution in [2.45, 2.75) is 6.92 Å². The lowest BCUT2D eigenvalue weighted by Gasteiger charge is -2.08. The van der Waals surface area contributed by atoms with Gasteiger partial charge in [0.05, 0.1) is 13.3 Å². The van der Waals surface area contributed by atoms with Gasteiger partial charge in [0.1, 0.15) is 11.5 Å². The van der Waals surface area contributed by atoms with E-state index in [-0.39, 0.29) is 12.5 Å². The van der Waals surface area contributed by atoms with E-state index >= 15 is 0 Å². The Balaban J connectivity index is 1.86. The summed E-state index contributed by atoms with van der Waals surface area (Å²) < 4.78 is 10.6. The summed E-state index contributed by atoms with van der Waals surface area (Å²) in [6.45, 7) is 1.73. The summed E-state index contributed by atoms with van der Waals surface area (Å²) in [4.78, 5) is 11.7. The molecule has 0 aliphatic carbocycles. The molecule has 1 amide bonds. The first-order valence-electron chi connectivity index (χ1n) is 6.94. The molecule has 0 radical (unpaired) electrons. The molecular weight excluding hydrogens is 316 g/mol. The standard InChI is InChI=1S/C17H17ClN2O3/c1-12-9-14(18)7-8-15(12)23-11-17(21)20-19-10-13-5-3-4-6-16(13)22-2/h3-10H,11H2,1-2H3,(H,20,21)/b19-10-. The van der Waals surface area contributed by atoms with Crippen molar-refractivity contribution in [1.82, 2.24) is 5.43 Å². The zero-order valence-electron chi connectivity index (χ0n) is 12.9. The third-order valence-electron chi connectivity index (χ3n) is 3.03. The van der Waals surface area contributed by atoms with Crippen LogP contribution < -0.4 is 14.9 Å². The molecular formula is C17H17ClN2O3. The SMILES string of the molecule is COc1ccccc1/C=N\NC(=O)COc1ccc(Cl)cc1C. The van der Waals surface area contributed by atoms with Gasteiger partial charge in [-0.1, -0.05) is 23.7 Å². The maximum absolute atomic E-state index is 11.7. The number of hydrogen-bond acceptors (Lipinski definition) is 4. The second kappa shape index (κ2) is 8.19. The fourth-order valence-corrected chi connectivity index (χ4v) is 2.12. The first-order valence-corrected chi connectivity index (χ1v) is 7.32. The minimum atomic E-state index is -0.356. The number of benzene rings is 2. The van der Waals surface area contributed by atoms with Gasteiger partial charge in [-0.05, 0) is 42.8 Å². The molecule has 0 saturated heterocycles. The summed E-state index contributed by atoms with van der Waals surface area (Å²) in [5.41, 5.74) is 4.04. The van der Waals surface area contributed by atoms with Crippen molar-refractivity contribution in [2.75, 3.05) is 13.7 Å². The number of ether oxygens (including phenoxy) is 2. The van der Waals surface area contributed by atoms with Crippen molar-refractivity contribution >= 4 is 23.7 Å². The monoisotopic (exact) mass is 332 g/mol. The minimum absolute atomic E-state index is 0.133. The van der Waals surface area contributed by atoms with Crippen LogP contribution in [0.3, 0.4) is 0 Å². The van der Waals surface area contributed by atoms with Gasteiger partial charge in [0, 0.05) is 10.6 Å². The number of para-hydroxylation sites is 1. The van der Waals surface area contributed by atoms with Crippen molar-refractivity contribution in [1.29, 1.82) is 0 Å². The summed E-state index contributed by atoms with van der Waals surface area (Å²) in [6.07, 6.45) is 1.52. The van der Waals surface area contributed by atoms with Crippen molar-refractivity contribution in [2.24, 2.45) is 5.10 Å². The quantitative estimate of drug-likeness (QED) is 0.653. The van der Waals surface area contributed by atoms with E-state index in [1.807, 2.05) is 31.2 Å². The van der Waals surface area contributed by atoms with Gasteiger partial charge in [-0.2, -0.15) is 5.10 Å². The van der Waals surface area contributed by atoms with Crippen LogP contribution in [0.5, 0.6) is 11.5 Å². The average molecular weight is 333 g/mol. The Morgan fingerprint density at radius 3 is 2.78 bits per heavy atom. The van der Waals surface area contributed by atoms with E-state index in [1.165, 1.54) is 6.21 Å². The van der Waals surface area contributed by atoms with Crippen LogP contribution in [0.15, 0.2) is 47.6 Å². The molecule has 0 fully saturated rings. The van der Waals surface area contributed by atoms with E-state index in [1.54, 1.807) is 25.3 Å². The Bertz CT molecular complexity index is 717. The molecule has 0 unspecified atom stereocenters. The average Bonchev–Trinajstić information content (AvgIpc) is 2.54. The van der Waals surface area contributed by atoms with Crippen LogP contribution in [0, 0.1) is 6.92 Å². The van der Waals surface area contributed by atoms with Gasteiger partial charge in [0.2, 0.25) is 0 Å². The minimum Gasteiger partial charge on any atom is -0.496 e. The lowest BCUT2D eigenvalue weighted by atomic mass is 10.2. The van der Waals surface area contributed by atoms with E-state index in [9.17, 15) is 4.79 Å². The molecule has 2 aromatic carbocycles. The third-order valence-corrected chi connectivity index (χ3v) is 3.26. The molecule has 6 heteroatoms. The fourth-order valence-electron chi connectivity index (χ4n) is 1.90. The molecule has 0 atom stereocenters. The zero-order valence-corrected chi connectivity index (χ0v) is 13.6. The molecule has 0 bridgehead atoms. The smallest absolute Gasteiger partial charge is 0.277 e. The highest BCUT2D eigenvalue weighted by Gasteiger charge is 2.05. The number of rotatable bonds is 6. The first kappa shape index (κ1) is 16.8. The maximum Gasteiger partial charge on any atom is 0.277 e. The Labute approximate surface area is 139 Å².